The molecule has 1 aliphatic heterocycles. The van der Waals surface area contributed by atoms with Crippen molar-refractivity contribution in [1.29, 1.82) is 0 Å². The molecule has 3 rings (SSSR count). The van der Waals surface area contributed by atoms with Gasteiger partial charge in [-0.1, -0.05) is 32.3 Å². The lowest BCUT2D eigenvalue weighted by molar-refractivity contribution is 0.0972. The van der Waals surface area contributed by atoms with Gasteiger partial charge in [-0.3, -0.25) is 9.69 Å². The number of carbonyl (C=O) groups is 2. The molecule has 1 unspecified atom stereocenters. The van der Waals surface area contributed by atoms with E-state index in [0.717, 1.165) is 42.5 Å². The lowest BCUT2D eigenvalue weighted by atomic mass is 9.90. The summed E-state index contributed by atoms with van der Waals surface area (Å²) in [6, 6.07) is 5.80. The highest BCUT2D eigenvalue weighted by atomic mass is 16.6. The molecule has 124 valence electrons. The number of ether oxygens (including phenoxy) is 1. The molecular formula is C19H25NO3. The van der Waals surface area contributed by atoms with Crippen LogP contribution >= 0.6 is 0 Å². The van der Waals surface area contributed by atoms with Gasteiger partial charge in [0.15, 0.2) is 5.78 Å². The number of rotatable bonds is 6. The monoisotopic (exact) mass is 315 g/mol. The van der Waals surface area contributed by atoms with Crippen molar-refractivity contribution in [3.63, 3.8) is 0 Å². The van der Waals surface area contributed by atoms with Crippen LogP contribution in [-0.2, 0) is 11.2 Å². The molecule has 1 heterocycles. The molecule has 1 aliphatic carbocycles. The maximum atomic E-state index is 12.1. The van der Waals surface area contributed by atoms with Gasteiger partial charge in [-0.2, -0.15) is 0 Å². The standard InChI is InChI=1S/C19H25NO3/c1-2-3-4-5-8-16-13-20(19(22)23-16)15-11-10-14-7-6-9-18(21)17(14)12-15/h10-12,16H,2-9,13H2,1H3. The third-order valence-electron chi connectivity index (χ3n) is 4.81. The van der Waals surface area contributed by atoms with E-state index in [0.29, 0.717) is 13.0 Å². The van der Waals surface area contributed by atoms with E-state index in [9.17, 15) is 9.59 Å². The number of amides is 1. The first-order chi connectivity index (χ1) is 11.2. The SMILES string of the molecule is CCCCCCC1CN(c2ccc3c(c2)C(=O)CCC3)C(=O)O1. The molecule has 1 aromatic rings. The van der Waals surface area contributed by atoms with Gasteiger partial charge >= 0.3 is 6.09 Å². The van der Waals surface area contributed by atoms with Crippen molar-refractivity contribution in [3.05, 3.63) is 29.3 Å². The van der Waals surface area contributed by atoms with Crippen molar-refractivity contribution in [2.24, 2.45) is 0 Å². The van der Waals surface area contributed by atoms with E-state index in [4.69, 9.17) is 4.74 Å². The van der Waals surface area contributed by atoms with Gasteiger partial charge < -0.3 is 4.74 Å². The van der Waals surface area contributed by atoms with Gasteiger partial charge in [-0.25, -0.2) is 4.79 Å². The summed E-state index contributed by atoms with van der Waals surface area (Å²) in [7, 11) is 0. The van der Waals surface area contributed by atoms with E-state index >= 15 is 0 Å². The number of fused-ring (bicyclic) bond motifs is 1. The van der Waals surface area contributed by atoms with E-state index in [1.807, 2.05) is 18.2 Å². The normalized spacial score (nSPS) is 20.6. The van der Waals surface area contributed by atoms with Crippen LogP contribution in [-0.4, -0.2) is 24.5 Å². The Morgan fingerprint density at radius 3 is 2.87 bits per heavy atom. The van der Waals surface area contributed by atoms with E-state index in [2.05, 4.69) is 6.92 Å². The minimum Gasteiger partial charge on any atom is -0.444 e. The maximum absolute atomic E-state index is 12.1. The second kappa shape index (κ2) is 7.16. The molecule has 0 saturated carbocycles. The number of aryl methyl sites for hydroxylation is 1. The van der Waals surface area contributed by atoms with Crippen LogP contribution in [0.5, 0.6) is 0 Å². The van der Waals surface area contributed by atoms with Crippen LogP contribution in [0.3, 0.4) is 0 Å². The van der Waals surface area contributed by atoms with Gasteiger partial charge in [0, 0.05) is 17.7 Å². The van der Waals surface area contributed by atoms with Gasteiger partial charge in [0.2, 0.25) is 0 Å². The summed E-state index contributed by atoms with van der Waals surface area (Å²) in [4.78, 5) is 25.9. The van der Waals surface area contributed by atoms with Crippen LogP contribution in [0.4, 0.5) is 10.5 Å². The number of nitrogens with zero attached hydrogens (tertiary/aromatic N) is 1. The molecule has 0 radical (unpaired) electrons. The van der Waals surface area contributed by atoms with E-state index in [1.165, 1.54) is 19.3 Å². The van der Waals surface area contributed by atoms with Crippen LogP contribution in [0.2, 0.25) is 0 Å². The zero-order chi connectivity index (χ0) is 16.2. The molecule has 2 aliphatic rings. The summed E-state index contributed by atoms with van der Waals surface area (Å²) in [5.41, 5.74) is 2.68. The number of benzene rings is 1. The number of cyclic esters (lactones) is 1. The summed E-state index contributed by atoms with van der Waals surface area (Å²) in [6.07, 6.45) is 7.84. The van der Waals surface area contributed by atoms with Crippen LogP contribution < -0.4 is 4.90 Å². The predicted octanol–water partition coefficient (Wildman–Crippen LogP) is 4.50. The fourth-order valence-electron chi connectivity index (χ4n) is 3.47. The third-order valence-corrected chi connectivity index (χ3v) is 4.81. The molecule has 1 atom stereocenters. The molecule has 1 fully saturated rings. The summed E-state index contributed by atoms with van der Waals surface area (Å²) in [5, 5.41) is 0. The van der Waals surface area contributed by atoms with Crippen molar-refractivity contribution in [1.82, 2.24) is 0 Å². The van der Waals surface area contributed by atoms with Gasteiger partial charge in [0.1, 0.15) is 6.10 Å². The Hall–Kier alpha value is -1.84. The first-order valence-electron chi connectivity index (χ1n) is 8.83. The van der Waals surface area contributed by atoms with Crippen molar-refractivity contribution >= 4 is 17.6 Å². The highest BCUT2D eigenvalue weighted by Gasteiger charge is 2.32. The Morgan fingerprint density at radius 2 is 2.04 bits per heavy atom. The van der Waals surface area contributed by atoms with Gasteiger partial charge in [0.25, 0.3) is 0 Å². The number of anilines is 1. The predicted molar refractivity (Wildman–Crippen MR) is 90.1 cm³/mol. The molecule has 1 saturated heterocycles. The van der Waals surface area contributed by atoms with Crippen molar-refractivity contribution in [2.75, 3.05) is 11.4 Å². The molecule has 0 aromatic heterocycles. The Labute approximate surface area is 137 Å². The highest BCUT2D eigenvalue weighted by molar-refractivity contribution is 6.00. The number of hydrogen-bond donors (Lipinski definition) is 0. The molecule has 0 spiro atoms. The Kier molecular flexibility index (Phi) is 4.99. The topological polar surface area (TPSA) is 46.6 Å². The molecule has 0 bridgehead atoms. The van der Waals surface area contributed by atoms with Crippen LogP contribution in [0.15, 0.2) is 18.2 Å². The maximum Gasteiger partial charge on any atom is 0.414 e. The zero-order valence-corrected chi connectivity index (χ0v) is 13.8. The largest absolute Gasteiger partial charge is 0.444 e. The smallest absolute Gasteiger partial charge is 0.414 e. The van der Waals surface area contributed by atoms with E-state index < -0.39 is 0 Å². The van der Waals surface area contributed by atoms with Crippen LogP contribution in [0.25, 0.3) is 0 Å². The summed E-state index contributed by atoms with van der Waals surface area (Å²) >= 11 is 0. The average Bonchev–Trinajstić information content (AvgIpc) is 2.93. The molecule has 1 amide bonds. The van der Waals surface area contributed by atoms with E-state index in [1.54, 1.807) is 4.90 Å². The summed E-state index contributed by atoms with van der Waals surface area (Å²) < 4.78 is 5.48. The Bertz CT molecular complexity index is 596. The second-order valence-electron chi connectivity index (χ2n) is 6.58. The minimum absolute atomic E-state index is 0.0221. The minimum atomic E-state index is -0.284. The lowest BCUT2D eigenvalue weighted by Gasteiger charge is -2.19. The van der Waals surface area contributed by atoms with Crippen LogP contribution in [0.1, 0.15) is 67.8 Å². The van der Waals surface area contributed by atoms with Gasteiger partial charge in [0.05, 0.1) is 6.54 Å². The first kappa shape index (κ1) is 16.0. The molecule has 1 aromatic carbocycles. The van der Waals surface area contributed by atoms with Crippen molar-refractivity contribution in [2.45, 2.75) is 64.4 Å². The average molecular weight is 315 g/mol. The van der Waals surface area contributed by atoms with Crippen molar-refractivity contribution in [3.8, 4) is 0 Å². The van der Waals surface area contributed by atoms with Gasteiger partial charge in [-0.05, 0) is 43.4 Å². The molecule has 0 N–H and O–H groups in total. The fraction of sp³-hybridized carbons (Fsp3) is 0.579. The number of ketones is 1. The van der Waals surface area contributed by atoms with Crippen molar-refractivity contribution < 1.29 is 14.3 Å². The zero-order valence-electron chi connectivity index (χ0n) is 13.8. The van der Waals surface area contributed by atoms with Gasteiger partial charge in [-0.15, -0.1) is 0 Å². The lowest BCUT2D eigenvalue weighted by Crippen LogP contribution is -2.25. The number of Topliss-reactive ketones (excluding diaryl/α,β-unsaturated/α-hetero) is 1. The third kappa shape index (κ3) is 3.57. The van der Waals surface area contributed by atoms with E-state index in [-0.39, 0.29) is 18.0 Å². The Balaban J connectivity index is 1.66. The molecule has 4 nitrogen and oxygen atoms in total. The summed E-state index contributed by atoms with van der Waals surface area (Å²) in [5.74, 6) is 0.191. The first-order valence-corrected chi connectivity index (χ1v) is 8.83. The quantitative estimate of drug-likeness (QED) is 0.726. The molecule has 23 heavy (non-hydrogen) atoms. The molecule has 4 heteroatoms. The van der Waals surface area contributed by atoms with Crippen LogP contribution in [0, 0.1) is 0 Å². The fourth-order valence-corrected chi connectivity index (χ4v) is 3.47. The number of hydrogen-bond acceptors (Lipinski definition) is 3. The Morgan fingerprint density at radius 1 is 1.17 bits per heavy atom. The number of carbonyl (C=O) groups excluding carboxylic acids is 2. The number of unbranched alkanes of at least 4 members (excludes halogenated alkanes) is 3. The highest BCUT2D eigenvalue weighted by Crippen LogP contribution is 2.29. The summed E-state index contributed by atoms with van der Waals surface area (Å²) in [6.45, 7) is 2.78. The second-order valence-corrected chi connectivity index (χ2v) is 6.58. The molecular weight excluding hydrogens is 290 g/mol.